The number of rotatable bonds is 8. The van der Waals surface area contributed by atoms with Gasteiger partial charge in [-0.25, -0.2) is 13.4 Å². The molecular weight excluding hydrogens is 374 g/mol. The molecule has 1 amide bonds. The highest BCUT2D eigenvalue weighted by atomic mass is 32.2. The summed E-state index contributed by atoms with van der Waals surface area (Å²) in [7, 11) is -2.29. The molecule has 0 fully saturated rings. The molecule has 142 valence electrons. The van der Waals surface area contributed by atoms with Gasteiger partial charge in [-0.05, 0) is 37.1 Å². The molecule has 1 heterocycles. The Balaban J connectivity index is 2.20. The molecule has 0 saturated carbocycles. The van der Waals surface area contributed by atoms with Crippen LogP contribution in [-0.4, -0.2) is 43.8 Å². The van der Waals surface area contributed by atoms with Crippen molar-refractivity contribution in [2.24, 2.45) is 5.92 Å². The third kappa shape index (κ3) is 5.26. The summed E-state index contributed by atoms with van der Waals surface area (Å²) in [6, 6.07) is 6.12. The highest BCUT2D eigenvalue weighted by Gasteiger charge is 2.27. The van der Waals surface area contributed by atoms with Crippen LogP contribution in [0.25, 0.3) is 0 Å². The molecule has 0 aliphatic carbocycles. The first kappa shape index (κ1) is 20.3. The van der Waals surface area contributed by atoms with Crippen LogP contribution >= 0.6 is 11.3 Å². The Labute approximate surface area is 158 Å². The first-order valence-corrected chi connectivity index (χ1v) is 10.4. The predicted molar refractivity (Wildman–Crippen MR) is 102 cm³/mol. The lowest BCUT2D eigenvalue weighted by Gasteiger charge is -2.23. The molecule has 1 aromatic heterocycles. The number of sulfonamides is 1. The van der Waals surface area contributed by atoms with Crippen molar-refractivity contribution in [1.29, 1.82) is 0 Å². The van der Waals surface area contributed by atoms with Gasteiger partial charge >= 0.3 is 0 Å². The number of methoxy groups -OCH3 is 1. The van der Waals surface area contributed by atoms with Crippen LogP contribution in [0.3, 0.4) is 0 Å². The number of thiazole rings is 1. The van der Waals surface area contributed by atoms with Crippen LogP contribution in [0, 0.1) is 12.8 Å². The highest BCUT2D eigenvalue weighted by molar-refractivity contribution is 7.89. The van der Waals surface area contributed by atoms with Crippen molar-refractivity contribution in [3.63, 3.8) is 0 Å². The van der Waals surface area contributed by atoms with Crippen molar-refractivity contribution in [2.45, 2.75) is 25.7 Å². The van der Waals surface area contributed by atoms with Crippen LogP contribution in [0.4, 0.5) is 5.13 Å². The van der Waals surface area contributed by atoms with E-state index in [2.05, 4.69) is 10.3 Å². The van der Waals surface area contributed by atoms with Gasteiger partial charge in [0, 0.05) is 11.9 Å². The zero-order valence-electron chi connectivity index (χ0n) is 15.2. The number of hydrogen-bond donors (Lipinski definition) is 1. The maximum Gasteiger partial charge on any atom is 0.243 e. The van der Waals surface area contributed by atoms with Gasteiger partial charge in [0.15, 0.2) is 5.13 Å². The summed E-state index contributed by atoms with van der Waals surface area (Å²) in [5.41, 5.74) is 0.801. The molecular formula is C17H23N3O4S2. The van der Waals surface area contributed by atoms with Crippen LogP contribution in [-0.2, 0) is 14.8 Å². The fourth-order valence-electron chi connectivity index (χ4n) is 2.28. The molecule has 7 nitrogen and oxygen atoms in total. The Kier molecular flexibility index (Phi) is 6.74. The number of anilines is 1. The fraction of sp³-hybridized carbons (Fsp3) is 0.412. The molecule has 0 saturated heterocycles. The fourth-order valence-corrected chi connectivity index (χ4v) is 4.55. The van der Waals surface area contributed by atoms with Crippen molar-refractivity contribution in [3.8, 4) is 5.75 Å². The number of carbonyl (C=O) groups is 1. The normalized spacial score (nSPS) is 11.8. The van der Waals surface area contributed by atoms with Gasteiger partial charge in [0.05, 0.1) is 24.2 Å². The van der Waals surface area contributed by atoms with E-state index >= 15 is 0 Å². The van der Waals surface area contributed by atoms with Crippen molar-refractivity contribution in [3.05, 3.63) is 35.3 Å². The molecule has 0 bridgehead atoms. The summed E-state index contributed by atoms with van der Waals surface area (Å²) in [5, 5.41) is 4.92. The topological polar surface area (TPSA) is 88.6 Å². The summed E-state index contributed by atoms with van der Waals surface area (Å²) in [5.74, 6) is 0.214. The van der Waals surface area contributed by atoms with Crippen molar-refractivity contribution in [2.75, 3.05) is 25.5 Å². The summed E-state index contributed by atoms with van der Waals surface area (Å²) < 4.78 is 32.2. The molecule has 0 radical (unpaired) electrons. The number of amides is 1. The van der Waals surface area contributed by atoms with E-state index in [1.807, 2.05) is 26.2 Å². The number of aryl methyl sites for hydroxylation is 1. The zero-order valence-corrected chi connectivity index (χ0v) is 16.9. The average molecular weight is 398 g/mol. The van der Waals surface area contributed by atoms with E-state index in [0.717, 1.165) is 5.69 Å². The standard InChI is InChI=1S/C17H23N3O4S2/c1-12(2)9-20(10-16(21)19-17-18-13(3)11-25-17)26(22,23)15-7-5-14(24-4)6-8-15/h5-8,11-12H,9-10H2,1-4H3,(H,18,19,21). The number of aromatic nitrogens is 1. The van der Waals surface area contributed by atoms with Gasteiger partial charge in [-0.15, -0.1) is 11.3 Å². The van der Waals surface area contributed by atoms with E-state index in [-0.39, 0.29) is 23.9 Å². The second-order valence-electron chi connectivity index (χ2n) is 6.21. The molecule has 26 heavy (non-hydrogen) atoms. The molecule has 1 N–H and O–H groups in total. The van der Waals surface area contributed by atoms with E-state index in [4.69, 9.17) is 4.74 Å². The van der Waals surface area contributed by atoms with Crippen LogP contribution < -0.4 is 10.1 Å². The van der Waals surface area contributed by atoms with Gasteiger partial charge in [0.25, 0.3) is 0 Å². The van der Waals surface area contributed by atoms with Gasteiger partial charge in [0.1, 0.15) is 5.75 Å². The van der Waals surface area contributed by atoms with Crippen LogP contribution in [0.1, 0.15) is 19.5 Å². The lowest BCUT2D eigenvalue weighted by molar-refractivity contribution is -0.116. The quantitative estimate of drug-likeness (QED) is 0.740. The Morgan fingerprint density at radius 2 is 1.96 bits per heavy atom. The largest absolute Gasteiger partial charge is 0.497 e. The molecule has 0 aliphatic rings. The number of nitrogens with zero attached hydrogens (tertiary/aromatic N) is 2. The van der Waals surface area contributed by atoms with Crippen molar-refractivity contribution < 1.29 is 17.9 Å². The molecule has 0 atom stereocenters. The predicted octanol–water partition coefficient (Wildman–Crippen LogP) is 2.75. The van der Waals surface area contributed by atoms with Crippen molar-refractivity contribution in [1.82, 2.24) is 9.29 Å². The van der Waals surface area contributed by atoms with Crippen LogP contribution in [0.15, 0.2) is 34.5 Å². The molecule has 0 unspecified atom stereocenters. The molecule has 0 aliphatic heterocycles. The smallest absolute Gasteiger partial charge is 0.243 e. The maximum atomic E-state index is 13.0. The number of carbonyl (C=O) groups excluding carboxylic acids is 1. The lowest BCUT2D eigenvalue weighted by atomic mass is 10.2. The Bertz CT molecular complexity index is 845. The van der Waals surface area contributed by atoms with Gasteiger partial charge in [-0.1, -0.05) is 13.8 Å². The third-order valence-corrected chi connectivity index (χ3v) is 6.15. The maximum absolute atomic E-state index is 13.0. The Morgan fingerprint density at radius 3 is 2.46 bits per heavy atom. The van der Waals surface area contributed by atoms with E-state index in [9.17, 15) is 13.2 Å². The van der Waals surface area contributed by atoms with Gasteiger partial charge < -0.3 is 10.1 Å². The summed E-state index contributed by atoms with van der Waals surface area (Å²) >= 11 is 1.30. The number of benzene rings is 1. The van der Waals surface area contributed by atoms with Crippen LogP contribution in [0.2, 0.25) is 0 Å². The van der Waals surface area contributed by atoms with E-state index in [1.54, 1.807) is 12.1 Å². The van der Waals surface area contributed by atoms with Crippen molar-refractivity contribution >= 4 is 32.4 Å². The lowest BCUT2D eigenvalue weighted by Crippen LogP contribution is -2.40. The van der Waals surface area contributed by atoms with E-state index < -0.39 is 15.9 Å². The minimum absolute atomic E-state index is 0.0675. The Hall–Kier alpha value is -1.97. The van der Waals surface area contributed by atoms with Crippen LogP contribution in [0.5, 0.6) is 5.75 Å². The minimum atomic E-state index is -3.80. The SMILES string of the molecule is COc1ccc(S(=O)(=O)N(CC(=O)Nc2nc(C)cs2)CC(C)C)cc1. The minimum Gasteiger partial charge on any atom is -0.497 e. The van der Waals surface area contributed by atoms with Gasteiger partial charge in [-0.3, -0.25) is 4.79 Å². The number of nitrogens with one attached hydrogen (secondary N) is 1. The summed E-state index contributed by atoms with van der Waals surface area (Å²) in [4.78, 5) is 16.6. The average Bonchev–Trinajstić information content (AvgIpc) is 2.98. The molecule has 0 spiro atoms. The summed E-state index contributed by atoms with van der Waals surface area (Å²) in [6.45, 7) is 5.59. The molecule has 2 aromatic rings. The molecule has 2 rings (SSSR count). The zero-order chi connectivity index (χ0) is 19.3. The number of ether oxygens (including phenoxy) is 1. The van der Waals surface area contributed by atoms with Gasteiger partial charge in [0.2, 0.25) is 15.9 Å². The monoisotopic (exact) mass is 397 g/mol. The van der Waals surface area contributed by atoms with Gasteiger partial charge in [-0.2, -0.15) is 4.31 Å². The third-order valence-electron chi connectivity index (χ3n) is 3.45. The Morgan fingerprint density at radius 1 is 1.31 bits per heavy atom. The number of hydrogen-bond acceptors (Lipinski definition) is 6. The molecule has 9 heteroatoms. The highest BCUT2D eigenvalue weighted by Crippen LogP contribution is 2.21. The van der Waals surface area contributed by atoms with E-state index in [0.29, 0.717) is 10.9 Å². The summed E-state index contributed by atoms with van der Waals surface area (Å²) in [6.07, 6.45) is 0. The second-order valence-corrected chi connectivity index (χ2v) is 9.01. The first-order valence-electron chi connectivity index (χ1n) is 8.08. The molecule has 1 aromatic carbocycles. The first-order chi connectivity index (χ1) is 12.2. The van der Waals surface area contributed by atoms with E-state index in [1.165, 1.54) is 34.9 Å². The second kappa shape index (κ2) is 8.61.